The van der Waals surface area contributed by atoms with Gasteiger partial charge in [-0.15, -0.1) is 11.8 Å². The number of nitrogens with zero attached hydrogens (tertiary/aromatic N) is 1. The molecule has 1 aliphatic rings. The average Bonchev–Trinajstić information content (AvgIpc) is 2.70. The lowest BCUT2D eigenvalue weighted by atomic mass is 10.0. The van der Waals surface area contributed by atoms with Crippen LogP contribution in [0.5, 0.6) is 0 Å². The lowest BCUT2D eigenvalue weighted by Gasteiger charge is -2.38. The molecule has 0 bridgehead atoms. The maximum Gasteiger partial charge on any atom is 0.233 e. The molecular formula is C22H26ClFN2O2S. The van der Waals surface area contributed by atoms with Crippen LogP contribution in [0.2, 0.25) is 5.02 Å². The minimum atomic E-state index is -0.359. The quantitative estimate of drug-likeness (QED) is 0.647. The van der Waals surface area contributed by atoms with Crippen LogP contribution < -0.4 is 5.32 Å². The van der Waals surface area contributed by atoms with Crippen LogP contribution >= 0.6 is 23.4 Å². The molecule has 4 nitrogen and oxygen atoms in total. The molecule has 0 radical (unpaired) electrons. The first kappa shape index (κ1) is 22.1. The van der Waals surface area contributed by atoms with Crippen LogP contribution in [-0.4, -0.2) is 48.4 Å². The number of hydrogen-bond donors (Lipinski definition) is 1. The summed E-state index contributed by atoms with van der Waals surface area (Å²) in [5, 5.41) is 3.10. The zero-order valence-corrected chi connectivity index (χ0v) is 18.2. The Morgan fingerprint density at radius 2 is 2.07 bits per heavy atom. The number of rotatable bonds is 7. The molecule has 1 N–H and O–H groups in total. The third kappa shape index (κ3) is 5.95. The second-order valence-corrected chi connectivity index (χ2v) is 8.97. The number of ether oxygens (including phenoxy) is 1. The second kappa shape index (κ2) is 10.4. The van der Waals surface area contributed by atoms with Crippen molar-refractivity contribution in [1.82, 2.24) is 10.2 Å². The van der Waals surface area contributed by atoms with E-state index in [2.05, 4.69) is 10.2 Å². The molecule has 2 aromatic carbocycles. The Labute approximate surface area is 180 Å². The average molecular weight is 437 g/mol. The van der Waals surface area contributed by atoms with Crippen molar-refractivity contribution in [3.05, 3.63) is 64.9 Å². The molecule has 7 heteroatoms. The molecule has 2 aromatic rings. The maximum absolute atomic E-state index is 14.7. The zero-order valence-electron chi connectivity index (χ0n) is 16.6. The van der Waals surface area contributed by atoms with Crippen molar-refractivity contribution in [2.45, 2.75) is 36.1 Å². The van der Waals surface area contributed by atoms with E-state index in [-0.39, 0.29) is 35.7 Å². The van der Waals surface area contributed by atoms with E-state index in [1.54, 1.807) is 12.1 Å². The van der Waals surface area contributed by atoms with E-state index in [1.807, 2.05) is 44.2 Å². The first-order chi connectivity index (χ1) is 14.0. The van der Waals surface area contributed by atoms with E-state index in [0.29, 0.717) is 30.3 Å². The Bertz CT molecular complexity index is 803. The van der Waals surface area contributed by atoms with E-state index in [1.165, 1.54) is 17.8 Å². The van der Waals surface area contributed by atoms with Crippen molar-refractivity contribution in [2.75, 3.05) is 26.2 Å². The summed E-state index contributed by atoms with van der Waals surface area (Å²) < 4.78 is 20.3. The molecule has 156 valence electrons. The standard InChI is InChI=1S/C22H26ClFN2O2S/c1-15-14-26(11-12-28-15)20(21-18(23)9-6-10-19(21)24)13-25-22(27)16(2)29-17-7-4-3-5-8-17/h3-10,15-16,20H,11-14H2,1-2H3,(H,25,27). The maximum atomic E-state index is 14.7. The van der Waals surface area contributed by atoms with Gasteiger partial charge in [0.15, 0.2) is 0 Å². The SMILES string of the molecule is CC1CN(C(CNC(=O)C(C)Sc2ccccc2)c2c(F)cccc2Cl)CCO1. The summed E-state index contributed by atoms with van der Waals surface area (Å²) in [6.07, 6.45) is 0.0417. The van der Waals surface area contributed by atoms with E-state index in [4.69, 9.17) is 16.3 Å². The van der Waals surface area contributed by atoms with Crippen LogP contribution in [-0.2, 0) is 9.53 Å². The molecule has 0 aromatic heterocycles. The number of thioether (sulfide) groups is 1. The Kier molecular flexibility index (Phi) is 7.95. The first-order valence-corrected chi connectivity index (χ1v) is 11.0. The van der Waals surface area contributed by atoms with Gasteiger partial charge in [0.05, 0.1) is 24.0 Å². The molecule has 29 heavy (non-hydrogen) atoms. The van der Waals surface area contributed by atoms with Gasteiger partial charge in [-0.25, -0.2) is 4.39 Å². The smallest absolute Gasteiger partial charge is 0.233 e. The molecule has 1 heterocycles. The fraction of sp³-hybridized carbons (Fsp3) is 0.409. The summed E-state index contributed by atoms with van der Waals surface area (Å²) in [6, 6.07) is 14.1. The van der Waals surface area contributed by atoms with Gasteiger partial charge in [-0.05, 0) is 38.1 Å². The summed E-state index contributed by atoms with van der Waals surface area (Å²) in [4.78, 5) is 15.9. The molecule has 0 spiro atoms. The van der Waals surface area contributed by atoms with Crippen LogP contribution in [0, 0.1) is 5.82 Å². The normalized spacial score (nSPS) is 19.5. The number of carbonyl (C=O) groups excluding carboxylic acids is 1. The minimum Gasteiger partial charge on any atom is -0.376 e. The van der Waals surface area contributed by atoms with Crippen LogP contribution in [0.25, 0.3) is 0 Å². The predicted molar refractivity (Wildman–Crippen MR) is 116 cm³/mol. The van der Waals surface area contributed by atoms with Gasteiger partial charge in [-0.3, -0.25) is 9.69 Å². The molecule has 1 saturated heterocycles. The fourth-order valence-electron chi connectivity index (χ4n) is 3.47. The third-order valence-electron chi connectivity index (χ3n) is 4.94. The lowest BCUT2D eigenvalue weighted by molar-refractivity contribution is -0.120. The van der Waals surface area contributed by atoms with Crippen molar-refractivity contribution in [3.8, 4) is 0 Å². The third-order valence-corrected chi connectivity index (χ3v) is 6.38. The molecule has 1 aliphatic heterocycles. The van der Waals surface area contributed by atoms with Gasteiger partial charge in [0, 0.05) is 35.1 Å². The van der Waals surface area contributed by atoms with Gasteiger partial charge in [0.25, 0.3) is 0 Å². The van der Waals surface area contributed by atoms with Gasteiger partial charge in [0.1, 0.15) is 5.82 Å². The molecule has 0 saturated carbocycles. The zero-order chi connectivity index (χ0) is 20.8. The summed E-state index contributed by atoms with van der Waals surface area (Å²) in [5.74, 6) is -0.444. The highest BCUT2D eigenvalue weighted by Crippen LogP contribution is 2.31. The van der Waals surface area contributed by atoms with Crippen LogP contribution in [0.3, 0.4) is 0 Å². The first-order valence-electron chi connectivity index (χ1n) is 9.74. The highest BCUT2D eigenvalue weighted by molar-refractivity contribution is 8.00. The molecule has 3 unspecified atom stereocenters. The van der Waals surface area contributed by atoms with Crippen molar-refractivity contribution >= 4 is 29.3 Å². The number of carbonyl (C=O) groups is 1. The predicted octanol–water partition coefficient (Wildman–Crippen LogP) is 4.54. The monoisotopic (exact) mass is 436 g/mol. The van der Waals surface area contributed by atoms with Crippen LogP contribution in [0.4, 0.5) is 4.39 Å². The van der Waals surface area contributed by atoms with E-state index in [0.717, 1.165) is 4.90 Å². The van der Waals surface area contributed by atoms with E-state index >= 15 is 0 Å². The molecule has 3 rings (SSSR count). The number of benzene rings is 2. The summed E-state index contributed by atoms with van der Waals surface area (Å²) in [7, 11) is 0. The highest BCUT2D eigenvalue weighted by Gasteiger charge is 2.30. The van der Waals surface area contributed by atoms with E-state index < -0.39 is 0 Å². The second-order valence-electron chi connectivity index (χ2n) is 7.15. The van der Waals surface area contributed by atoms with Crippen LogP contribution in [0.1, 0.15) is 25.5 Å². The number of halogens is 2. The largest absolute Gasteiger partial charge is 0.376 e. The summed E-state index contributed by atoms with van der Waals surface area (Å²) in [6.45, 7) is 6.02. The van der Waals surface area contributed by atoms with E-state index in [9.17, 15) is 9.18 Å². The van der Waals surface area contributed by atoms with Gasteiger partial charge >= 0.3 is 0 Å². The highest BCUT2D eigenvalue weighted by atomic mass is 35.5. The minimum absolute atomic E-state index is 0.0417. The van der Waals surface area contributed by atoms with Crippen molar-refractivity contribution in [2.24, 2.45) is 0 Å². The molecule has 0 aliphatic carbocycles. The van der Waals surface area contributed by atoms with Crippen molar-refractivity contribution in [3.63, 3.8) is 0 Å². The Morgan fingerprint density at radius 1 is 1.31 bits per heavy atom. The summed E-state index contributed by atoms with van der Waals surface area (Å²) >= 11 is 7.85. The molecule has 1 fully saturated rings. The number of hydrogen-bond acceptors (Lipinski definition) is 4. The molecular weight excluding hydrogens is 411 g/mol. The topological polar surface area (TPSA) is 41.6 Å². The number of amides is 1. The molecule has 3 atom stereocenters. The number of nitrogens with one attached hydrogen (secondary N) is 1. The van der Waals surface area contributed by atoms with Gasteiger partial charge in [-0.1, -0.05) is 35.9 Å². The van der Waals surface area contributed by atoms with Crippen LogP contribution in [0.15, 0.2) is 53.4 Å². The Balaban J connectivity index is 1.72. The van der Waals surface area contributed by atoms with Gasteiger partial charge in [-0.2, -0.15) is 0 Å². The molecule has 1 amide bonds. The van der Waals surface area contributed by atoms with Gasteiger partial charge < -0.3 is 10.1 Å². The number of morpholine rings is 1. The Hall–Kier alpha value is -1.60. The fourth-order valence-corrected chi connectivity index (χ4v) is 4.67. The van der Waals surface area contributed by atoms with Crippen molar-refractivity contribution in [1.29, 1.82) is 0 Å². The lowest BCUT2D eigenvalue weighted by Crippen LogP contribution is -2.47. The van der Waals surface area contributed by atoms with Crippen molar-refractivity contribution < 1.29 is 13.9 Å². The van der Waals surface area contributed by atoms with Gasteiger partial charge in [0.2, 0.25) is 5.91 Å². The summed E-state index contributed by atoms with van der Waals surface area (Å²) in [5.41, 5.74) is 0.423. The Morgan fingerprint density at radius 3 is 2.76 bits per heavy atom.